The molecule has 1 fully saturated rings. The van der Waals surface area contributed by atoms with E-state index in [0.29, 0.717) is 6.04 Å². The highest BCUT2D eigenvalue weighted by Crippen LogP contribution is 2.28. The van der Waals surface area contributed by atoms with E-state index in [0.717, 1.165) is 18.8 Å². The molecule has 0 radical (unpaired) electrons. The molecule has 1 rings (SSSR count). The Kier molecular flexibility index (Phi) is 4.89. The molecule has 1 aliphatic rings. The van der Waals surface area contributed by atoms with Crippen molar-refractivity contribution in [3.05, 3.63) is 12.2 Å². The standard InChI is InChI=1S/C11H21NS/c1-4-9(2)7-11(12-3)10-5-6-13-8-10/h10-12H,2,4-8H2,1,3H3. The summed E-state index contributed by atoms with van der Waals surface area (Å²) in [7, 11) is 2.08. The fourth-order valence-corrected chi connectivity index (χ4v) is 3.17. The first kappa shape index (κ1) is 11.1. The van der Waals surface area contributed by atoms with Gasteiger partial charge < -0.3 is 5.32 Å². The van der Waals surface area contributed by atoms with Crippen molar-refractivity contribution in [3.63, 3.8) is 0 Å². The molecule has 2 heteroatoms. The van der Waals surface area contributed by atoms with Gasteiger partial charge in [-0.25, -0.2) is 0 Å². The molecule has 2 atom stereocenters. The maximum absolute atomic E-state index is 4.09. The Balaban J connectivity index is 2.37. The molecule has 2 unspecified atom stereocenters. The van der Waals surface area contributed by atoms with Crippen molar-refractivity contribution in [2.45, 2.75) is 32.2 Å². The summed E-state index contributed by atoms with van der Waals surface area (Å²) in [5, 5.41) is 3.44. The van der Waals surface area contributed by atoms with Crippen molar-refractivity contribution >= 4 is 11.8 Å². The Morgan fingerprint density at radius 2 is 2.46 bits per heavy atom. The first-order valence-corrected chi connectivity index (χ1v) is 6.35. The molecule has 0 aliphatic carbocycles. The maximum Gasteiger partial charge on any atom is 0.0138 e. The van der Waals surface area contributed by atoms with Crippen LogP contribution in [0.5, 0.6) is 0 Å². The van der Waals surface area contributed by atoms with Gasteiger partial charge in [-0.05, 0) is 43.7 Å². The first-order valence-electron chi connectivity index (χ1n) is 5.19. The zero-order valence-electron chi connectivity index (χ0n) is 8.81. The van der Waals surface area contributed by atoms with Crippen molar-refractivity contribution < 1.29 is 0 Å². The van der Waals surface area contributed by atoms with Crippen LogP contribution in [0.4, 0.5) is 0 Å². The van der Waals surface area contributed by atoms with E-state index in [-0.39, 0.29) is 0 Å². The van der Waals surface area contributed by atoms with Gasteiger partial charge in [-0.15, -0.1) is 0 Å². The van der Waals surface area contributed by atoms with Gasteiger partial charge in [0.2, 0.25) is 0 Å². The minimum Gasteiger partial charge on any atom is -0.316 e. The van der Waals surface area contributed by atoms with Gasteiger partial charge in [-0.2, -0.15) is 11.8 Å². The molecule has 0 spiro atoms. The molecule has 1 N–H and O–H groups in total. The number of thioether (sulfide) groups is 1. The summed E-state index contributed by atoms with van der Waals surface area (Å²) in [6, 6.07) is 0.669. The van der Waals surface area contributed by atoms with Crippen LogP contribution in [0, 0.1) is 5.92 Å². The second-order valence-corrected chi connectivity index (χ2v) is 4.98. The number of rotatable bonds is 5. The molecular formula is C11H21NS. The molecule has 13 heavy (non-hydrogen) atoms. The quantitative estimate of drug-likeness (QED) is 0.683. The highest BCUT2D eigenvalue weighted by atomic mass is 32.2. The summed E-state index contributed by atoms with van der Waals surface area (Å²) in [4.78, 5) is 0. The van der Waals surface area contributed by atoms with E-state index in [4.69, 9.17) is 0 Å². The van der Waals surface area contributed by atoms with Gasteiger partial charge in [0.25, 0.3) is 0 Å². The summed E-state index contributed by atoms with van der Waals surface area (Å²) in [6.07, 6.45) is 3.67. The number of hydrogen-bond donors (Lipinski definition) is 1. The number of hydrogen-bond acceptors (Lipinski definition) is 2. The molecule has 0 amide bonds. The highest BCUT2D eigenvalue weighted by Gasteiger charge is 2.24. The van der Waals surface area contributed by atoms with Crippen LogP contribution in [-0.2, 0) is 0 Å². The van der Waals surface area contributed by atoms with Gasteiger partial charge in [0.05, 0.1) is 0 Å². The molecule has 0 aromatic carbocycles. The van der Waals surface area contributed by atoms with Crippen LogP contribution >= 0.6 is 11.8 Å². The lowest BCUT2D eigenvalue weighted by molar-refractivity contribution is 0.401. The van der Waals surface area contributed by atoms with Crippen LogP contribution < -0.4 is 5.32 Å². The monoisotopic (exact) mass is 199 g/mol. The van der Waals surface area contributed by atoms with E-state index in [1.807, 2.05) is 0 Å². The minimum absolute atomic E-state index is 0.669. The number of nitrogens with one attached hydrogen (secondary N) is 1. The average Bonchev–Trinajstić information content (AvgIpc) is 2.66. The second kappa shape index (κ2) is 5.71. The van der Waals surface area contributed by atoms with E-state index in [1.165, 1.54) is 23.5 Å². The molecular weight excluding hydrogens is 178 g/mol. The van der Waals surface area contributed by atoms with Crippen LogP contribution in [-0.4, -0.2) is 24.6 Å². The summed E-state index contributed by atoms with van der Waals surface area (Å²) in [5.74, 6) is 3.56. The SMILES string of the molecule is C=C(CC)CC(NC)C1CCSC1. The van der Waals surface area contributed by atoms with Crippen LogP contribution in [0.2, 0.25) is 0 Å². The molecule has 0 aromatic rings. The normalized spacial score (nSPS) is 24.6. The van der Waals surface area contributed by atoms with Crippen molar-refractivity contribution in [2.75, 3.05) is 18.6 Å². The lowest BCUT2D eigenvalue weighted by Crippen LogP contribution is -2.33. The third-order valence-electron chi connectivity index (χ3n) is 2.91. The summed E-state index contributed by atoms with van der Waals surface area (Å²) in [6.45, 7) is 6.28. The fourth-order valence-electron chi connectivity index (χ4n) is 1.83. The van der Waals surface area contributed by atoms with Crippen LogP contribution in [0.15, 0.2) is 12.2 Å². The van der Waals surface area contributed by atoms with Gasteiger partial charge in [-0.3, -0.25) is 0 Å². The Hall–Kier alpha value is 0.0500. The van der Waals surface area contributed by atoms with Gasteiger partial charge in [0, 0.05) is 6.04 Å². The van der Waals surface area contributed by atoms with Crippen molar-refractivity contribution in [1.29, 1.82) is 0 Å². The van der Waals surface area contributed by atoms with E-state index in [9.17, 15) is 0 Å². The van der Waals surface area contributed by atoms with Gasteiger partial charge in [0.1, 0.15) is 0 Å². The van der Waals surface area contributed by atoms with Gasteiger partial charge >= 0.3 is 0 Å². The Morgan fingerprint density at radius 3 is 2.92 bits per heavy atom. The molecule has 1 heterocycles. The topological polar surface area (TPSA) is 12.0 Å². The third kappa shape index (κ3) is 3.35. The second-order valence-electron chi connectivity index (χ2n) is 3.83. The smallest absolute Gasteiger partial charge is 0.0138 e. The van der Waals surface area contributed by atoms with Crippen LogP contribution in [0.3, 0.4) is 0 Å². The van der Waals surface area contributed by atoms with E-state index < -0.39 is 0 Å². The van der Waals surface area contributed by atoms with Gasteiger partial charge in [0.15, 0.2) is 0 Å². The van der Waals surface area contributed by atoms with Crippen molar-refractivity contribution in [1.82, 2.24) is 5.32 Å². The van der Waals surface area contributed by atoms with Crippen LogP contribution in [0.25, 0.3) is 0 Å². The van der Waals surface area contributed by atoms with Crippen molar-refractivity contribution in [3.8, 4) is 0 Å². The zero-order chi connectivity index (χ0) is 9.68. The maximum atomic E-state index is 4.09. The summed E-state index contributed by atoms with van der Waals surface area (Å²) < 4.78 is 0. The molecule has 0 saturated carbocycles. The largest absolute Gasteiger partial charge is 0.316 e. The molecule has 1 saturated heterocycles. The van der Waals surface area contributed by atoms with Gasteiger partial charge in [-0.1, -0.05) is 19.1 Å². The Bertz CT molecular complexity index is 161. The third-order valence-corrected chi connectivity index (χ3v) is 4.10. The van der Waals surface area contributed by atoms with Crippen LogP contribution in [0.1, 0.15) is 26.2 Å². The summed E-state index contributed by atoms with van der Waals surface area (Å²) in [5.41, 5.74) is 1.39. The van der Waals surface area contributed by atoms with E-state index in [1.54, 1.807) is 0 Å². The lowest BCUT2D eigenvalue weighted by atomic mass is 9.93. The molecule has 0 aromatic heterocycles. The Labute approximate surface area is 86.4 Å². The molecule has 1 nitrogen and oxygen atoms in total. The Morgan fingerprint density at radius 1 is 1.69 bits per heavy atom. The predicted octanol–water partition coefficient (Wildman–Crippen LogP) is 2.68. The average molecular weight is 199 g/mol. The molecule has 1 aliphatic heterocycles. The van der Waals surface area contributed by atoms with Crippen molar-refractivity contribution in [2.24, 2.45) is 5.92 Å². The zero-order valence-corrected chi connectivity index (χ0v) is 9.62. The first-order chi connectivity index (χ1) is 6.27. The summed E-state index contributed by atoms with van der Waals surface area (Å²) >= 11 is 2.09. The predicted molar refractivity (Wildman–Crippen MR) is 62.3 cm³/mol. The molecule has 0 bridgehead atoms. The lowest BCUT2D eigenvalue weighted by Gasteiger charge is -2.22. The minimum atomic E-state index is 0.669. The molecule has 76 valence electrons. The highest BCUT2D eigenvalue weighted by molar-refractivity contribution is 7.99. The fraction of sp³-hybridized carbons (Fsp3) is 0.818. The van der Waals surface area contributed by atoms with E-state index >= 15 is 0 Å². The van der Waals surface area contributed by atoms with E-state index in [2.05, 4.69) is 37.6 Å².